The van der Waals surface area contributed by atoms with Gasteiger partial charge in [-0.25, -0.2) is 9.69 Å². The molecule has 0 saturated carbocycles. The van der Waals surface area contributed by atoms with Crippen LogP contribution in [0.5, 0.6) is 0 Å². The summed E-state index contributed by atoms with van der Waals surface area (Å²) in [5, 5.41) is 8.77. The highest BCUT2D eigenvalue weighted by Gasteiger charge is 2.48. The number of aliphatic hydroxyl groups excluding tert-OH is 1. The van der Waals surface area contributed by atoms with Crippen molar-refractivity contribution in [3.63, 3.8) is 0 Å². The number of ether oxygens (including phenoxy) is 4. The average molecular weight is 673 g/mol. The Morgan fingerprint density at radius 2 is 1.66 bits per heavy atom. The number of carbonyl (C=O) groups is 3. The lowest BCUT2D eigenvalue weighted by Gasteiger charge is -2.29. The number of cyclic esters (lactones) is 1. The van der Waals surface area contributed by atoms with E-state index in [2.05, 4.69) is 15.9 Å². The van der Waals surface area contributed by atoms with Gasteiger partial charge in [0, 0.05) is 20.0 Å². The predicted molar refractivity (Wildman–Crippen MR) is 164 cm³/mol. The van der Waals surface area contributed by atoms with Crippen LogP contribution in [0.2, 0.25) is 0 Å². The van der Waals surface area contributed by atoms with Crippen molar-refractivity contribution in [2.24, 2.45) is 5.92 Å². The molecule has 0 aliphatic carbocycles. The van der Waals surface area contributed by atoms with Gasteiger partial charge in [-0.3, -0.25) is 9.59 Å². The van der Waals surface area contributed by atoms with E-state index in [0.29, 0.717) is 42.9 Å². The van der Waals surface area contributed by atoms with E-state index >= 15 is 0 Å². The van der Waals surface area contributed by atoms with Gasteiger partial charge >= 0.3 is 12.1 Å². The fraction of sp³-hybridized carbons (Fsp3) is 0.424. The van der Waals surface area contributed by atoms with E-state index in [0.717, 1.165) is 16.0 Å². The standard InChI is InChI=1S/C33H38BrNO9/c1-22-30(25-12-7-4-8-13-25)44-33(39)35(22)32(38)26(20-24-10-5-3-6-11-24)31(42-23(2)37)29-21-27(34)28(43-29)14-9-16-40-18-19-41-17-15-36/h3-8,10-13,21-22,26,30-31,36H,9,14-20H2,1-2H3/t22-,26-,30-,31-/m0/s1. The van der Waals surface area contributed by atoms with E-state index in [9.17, 15) is 14.4 Å². The number of imide groups is 1. The zero-order chi connectivity index (χ0) is 31.5. The highest BCUT2D eigenvalue weighted by molar-refractivity contribution is 9.10. The molecular formula is C33H38BrNO9. The van der Waals surface area contributed by atoms with Crippen molar-refractivity contribution in [2.45, 2.75) is 51.4 Å². The van der Waals surface area contributed by atoms with Crippen molar-refractivity contribution in [2.75, 3.05) is 33.0 Å². The molecule has 2 heterocycles. The summed E-state index contributed by atoms with van der Waals surface area (Å²) in [5.74, 6) is -1.21. The minimum atomic E-state index is -1.11. The number of furan rings is 1. The predicted octanol–water partition coefficient (Wildman–Crippen LogP) is 5.57. The summed E-state index contributed by atoms with van der Waals surface area (Å²) in [7, 11) is 0. The van der Waals surface area contributed by atoms with Crippen LogP contribution >= 0.6 is 15.9 Å². The highest BCUT2D eigenvalue weighted by atomic mass is 79.9. The third-order valence-electron chi connectivity index (χ3n) is 7.27. The molecule has 0 radical (unpaired) electrons. The first-order valence-electron chi connectivity index (χ1n) is 14.6. The lowest BCUT2D eigenvalue weighted by Crippen LogP contribution is -2.44. The van der Waals surface area contributed by atoms with E-state index in [1.54, 1.807) is 13.0 Å². The molecule has 4 rings (SSSR count). The SMILES string of the molecule is CC(=O)O[C@H](c1cc(Br)c(CCCOCCOCCO)o1)[C@H](Cc1ccccc1)C(=O)N1C(=O)O[C@H](c2ccccc2)[C@@H]1C. The molecule has 1 aromatic heterocycles. The summed E-state index contributed by atoms with van der Waals surface area (Å²) in [6.07, 6.45) is -1.14. The van der Waals surface area contributed by atoms with Gasteiger partial charge in [-0.2, -0.15) is 0 Å². The number of aliphatic hydroxyl groups is 1. The van der Waals surface area contributed by atoms with E-state index < -0.39 is 42.1 Å². The highest BCUT2D eigenvalue weighted by Crippen LogP contribution is 2.39. The monoisotopic (exact) mass is 671 g/mol. The van der Waals surface area contributed by atoms with Crippen LogP contribution in [-0.4, -0.2) is 67.1 Å². The number of halogens is 1. The summed E-state index contributed by atoms with van der Waals surface area (Å²) < 4.78 is 29.1. The molecule has 10 nitrogen and oxygen atoms in total. The minimum Gasteiger partial charge on any atom is -0.461 e. The fourth-order valence-electron chi connectivity index (χ4n) is 5.19. The van der Waals surface area contributed by atoms with Gasteiger partial charge in [0.05, 0.1) is 42.9 Å². The molecule has 2 amide bonds. The number of hydrogen-bond acceptors (Lipinski definition) is 9. The van der Waals surface area contributed by atoms with E-state index in [1.165, 1.54) is 6.92 Å². The maximum absolute atomic E-state index is 14.3. The second kappa shape index (κ2) is 16.5. The second-order valence-corrected chi connectivity index (χ2v) is 11.3. The number of esters is 1. The third kappa shape index (κ3) is 8.78. The van der Waals surface area contributed by atoms with Gasteiger partial charge in [-0.05, 0) is 52.9 Å². The summed E-state index contributed by atoms with van der Waals surface area (Å²) in [4.78, 5) is 41.0. The first-order valence-corrected chi connectivity index (χ1v) is 15.4. The zero-order valence-corrected chi connectivity index (χ0v) is 26.4. The third-order valence-corrected chi connectivity index (χ3v) is 7.94. The molecule has 1 aliphatic rings. The summed E-state index contributed by atoms with van der Waals surface area (Å²) in [5.41, 5.74) is 1.61. The van der Waals surface area contributed by atoms with Crippen molar-refractivity contribution in [1.82, 2.24) is 4.90 Å². The van der Waals surface area contributed by atoms with Gasteiger partial charge in [-0.15, -0.1) is 0 Å². The number of benzene rings is 2. The van der Waals surface area contributed by atoms with Crippen LogP contribution in [0, 0.1) is 5.92 Å². The second-order valence-electron chi connectivity index (χ2n) is 10.5. The van der Waals surface area contributed by atoms with E-state index in [-0.39, 0.29) is 25.4 Å². The molecule has 1 N–H and O–H groups in total. The number of aryl methyl sites for hydroxylation is 1. The van der Waals surface area contributed by atoms with Crippen LogP contribution in [0.1, 0.15) is 55.1 Å². The Morgan fingerprint density at radius 3 is 2.32 bits per heavy atom. The molecule has 3 aromatic rings. The Labute approximate surface area is 265 Å². The molecule has 4 atom stereocenters. The molecule has 1 fully saturated rings. The van der Waals surface area contributed by atoms with Crippen molar-refractivity contribution in [1.29, 1.82) is 0 Å². The number of carbonyl (C=O) groups excluding carboxylic acids is 3. The molecule has 0 spiro atoms. The van der Waals surface area contributed by atoms with Crippen LogP contribution in [0.3, 0.4) is 0 Å². The van der Waals surface area contributed by atoms with Crippen LogP contribution in [0.4, 0.5) is 4.79 Å². The smallest absolute Gasteiger partial charge is 0.417 e. The first kappa shape index (κ1) is 33.4. The fourth-order valence-corrected chi connectivity index (χ4v) is 5.70. The molecule has 44 heavy (non-hydrogen) atoms. The van der Waals surface area contributed by atoms with Crippen molar-refractivity contribution >= 4 is 33.9 Å². The molecule has 11 heteroatoms. The molecule has 0 unspecified atom stereocenters. The van der Waals surface area contributed by atoms with Gasteiger partial charge in [0.2, 0.25) is 5.91 Å². The van der Waals surface area contributed by atoms with Gasteiger partial charge < -0.3 is 28.5 Å². The van der Waals surface area contributed by atoms with E-state index in [1.807, 2.05) is 60.7 Å². The Hall–Kier alpha value is -3.51. The Balaban J connectivity index is 1.57. The van der Waals surface area contributed by atoms with Gasteiger partial charge in [0.15, 0.2) is 6.10 Å². The van der Waals surface area contributed by atoms with E-state index in [4.69, 9.17) is 28.5 Å². The molecule has 0 bridgehead atoms. The lowest BCUT2D eigenvalue weighted by molar-refractivity contribution is -0.155. The first-order chi connectivity index (χ1) is 21.3. The van der Waals surface area contributed by atoms with Crippen molar-refractivity contribution in [3.05, 3.63) is 93.9 Å². The Bertz CT molecular complexity index is 1360. The normalized spacial score (nSPS) is 17.7. The topological polar surface area (TPSA) is 125 Å². The summed E-state index contributed by atoms with van der Waals surface area (Å²) in [6, 6.07) is 19.7. The van der Waals surface area contributed by atoms with Crippen LogP contribution in [-0.2, 0) is 41.4 Å². The van der Waals surface area contributed by atoms with Gasteiger partial charge in [0.1, 0.15) is 17.6 Å². The Kier molecular flexibility index (Phi) is 12.5. The van der Waals surface area contributed by atoms with Crippen molar-refractivity contribution in [3.8, 4) is 0 Å². The number of amides is 2. The van der Waals surface area contributed by atoms with Gasteiger partial charge in [0.25, 0.3) is 0 Å². The largest absolute Gasteiger partial charge is 0.461 e. The Morgan fingerprint density at radius 1 is 1.00 bits per heavy atom. The lowest BCUT2D eigenvalue weighted by atomic mass is 9.90. The number of hydrogen-bond donors (Lipinski definition) is 1. The molecule has 2 aromatic carbocycles. The summed E-state index contributed by atoms with van der Waals surface area (Å²) >= 11 is 3.55. The van der Waals surface area contributed by atoms with Crippen LogP contribution in [0.15, 0.2) is 75.6 Å². The zero-order valence-electron chi connectivity index (χ0n) is 24.9. The van der Waals surface area contributed by atoms with Gasteiger partial charge in [-0.1, -0.05) is 60.7 Å². The van der Waals surface area contributed by atoms with Crippen molar-refractivity contribution < 1.29 is 42.9 Å². The quantitative estimate of drug-likeness (QED) is 0.154. The van der Waals surface area contributed by atoms with Crippen LogP contribution < -0.4 is 0 Å². The average Bonchev–Trinajstić information content (AvgIpc) is 3.54. The molecule has 236 valence electrons. The molecule has 1 saturated heterocycles. The minimum absolute atomic E-state index is 0.0314. The molecular weight excluding hydrogens is 634 g/mol. The number of nitrogens with zero attached hydrogens (tertiary/aromatic N) is 1. The number of rotatable bonds is 16. The molecule has 1 aliphatic heterocycles. The maximum atomic E-state index is 14.3. The maximum Gasteiger partial charge on any atom is 0.417 e. The summed E-state index contributed by atoms with van der Waals surface area (Å²) in [6.45, 7) is 4.55. The van der Waals surface area contributed by atoms with Crippen LogP contribution in [0.25, 0.3) is 0 Å².